The number of nitrogens with one attached hydrogen (secondary N) is 1. The van der Waals surface area contributed by atoms with Crippen molar-refractivity contribution in [1.29, 1.82) is 0 Å². The van der Waals surface area contributed by atoms with Crippen LogP contribution in [0.4, 0.5) is 5.82 Å². The second-order valence-electron chi connectivity index (χ2n) is 4.80. The molecule has 2 rings (SSSR count). The van der Waals surface area contributed by atoms with Crippen LogP contribution >= 0.6 is 11.3 Å². The molecule has 2 aromatic rings. The molecule has 102 valence electrons. The minimum Gasteiger partial charge on any atom is -0.480 e. The Morgan fingerprint density at radius 2 is 2.16 bits per heavy atom. The van der Waals surface area contributed by atoms with Crippen LogP contribution in [0.15, 0.2) is 6.33 Å². The molecule has 0 radical (unpaired) electrons. The summed E-state index contributed by atoms with van der Waals surface area (Å²) in [4.78, 5) is 21.9. The van der Waals surface area contributed by atoms with Gasteiger partial charge in [-0.25, -0.2) is 14.8 Å². The van der Waals surface area contributed by atoms with E-state index in [-0.39, 0.29) is 0 Å². The van der Waals surface area contributed by atoms with E-state index in [0.717, 1.165) is 15.8 Å². The van der Waals surface area contributed by atoms with Crippen LogP contribution in [0.2, 0.25) is 0 Å². The summed E-state index contributed by atoms with van der Waals surface area (Å²) in [7, 11) is 0. The first-order valence-corrected chi connectivity index (χ1v) is 6.93. The van der Waals surface area contributed by atoms with E-state index in [2.05, 4.69) is 15.3 Å². The van der Waals surface area contributed by atoms with Crippen LogP contribution in [0.5, 0.6) is 0 Å². The van der Waals surface area contributed by atoms with Crippen molar-refractivity contribution in [3.05, 3.63) is 16.8 Å². The molecule has 0 spiro atoms. The molecular formula is C13H17N3O2S. The van der Waals surface area contributed by atoms with E-state index in [1.54, 1.807) is 18.3 Å². The van der Waals surface area contributed by atoms with Crippen molar-refractivity contribution < 1.29 is 9.90 Å². The zero-order chi connectivity index (χ0) is 14.2. The van der Waals surface area contributed by atoms with Gasteiger partial charge < -0.3 is 10.4 Å². The number of hydrogen-bond acceptors (Lipinski definition) is 5. The van der Waals surface area contributed by atoms with Crippen LogP contribution < -0.4 is 5.32 Å². The summed E-state index contributed by atoms with van der Waals surface area (Å²) in [6.45, 7) is 7.54. The van der Waals surface area contributed by atoms with E-state index < -0.39 is 11.5 Å². The van der Waals surface area contributed by atoms with Crippen molar-refractivity contribution >= 4 is 33.3 Å². The quantitative estimate of drug-likeness (QED) is 0.900. The summed E-state index contributed by atoms with van der Waals surface area (Å²) in [6, 6.07) is 0. The number of hydrogen-bond donors (Lipinski definition) is 2. The Kier molecular flexibility index (Phi) is 3.45. The summed E-state index contributed by atoms with van der Waals surface area (Å²) in [5, 5.41) is 13.3. The number of rotatable bonds is 4. The smallest absolute Gasteiger partial charge is 0.329 e. The fourth-order valence-electron chi connectivity index (χ4n) is 1.83. The third kappa shape index (κ3) is 2.28. The van der Waals surface area contributed by atoms with Gasteiger partial charge in [0.05, 0.1) is 5.39 Å². The Morgan fingerprint density at radius 1 is 1.47 bits per heavy atom. The van der Waals surface area contributed by atoms with E-state index in [1.807, 2.05) is 20.8 Å². The van der Waals surface area contributed by atoms with Gasteiger partial charge in [-0.05, 0) is 32.8 Å². The largest absolute Gasteiger partial charge is 0.480 e. The van der Waals surface area contributed by atoms with Gasteiger partial charge in [0.1, 0.15) is 22.5 Å². The Morgan fingerprint density at radius 3 is 2.74 bits per heavy atom. The Balaban J connectivity index is 2.54. The lowest BCUT2D eigenvalue weighted by molar-refractivity contribution is -0.141. The van der Waals surface area contributed by atoms with Gasteiger partial charge >= 0.3 is 5.97 Å². The van der Waals surface area contributed by atoms with Gasteiger partial charge in [0.15, 0.2) is 0 Å². The highest BCUT2D eigenvalue weighted by Crippen LogP contribution is 2.33. The van der Waals surface area contributed by atoms with Gasteiger partial charge in [0.2, 0.25) is 0 Å². The maximum Gasteiger partial charge on any atom is 0.329 e. The van der Waals surface area contributed by atoms with Crippen molar-refractivity contribution in [2.75, 3.05) is 5.32 Å². The summed E-state index contributed by atoms with van der Waals surface area (Å²) in [5.41, 5.74) is 0.0794. The Bertz CT molecular complexity index is 638. The summed E-state index contributed by atoms with van der Waals surface area (Å²) in [6.07, 6.45) is 1.94. The SMILES string of the molecule is CCC(C)(Nc1ncnc2sc(C)c(C)c12)C(=O)O. The number of thiophene rings is 1. The first-order chi connectivity index (χ1) is 8.89. The first kappa shape index (κ1) is 13.7. The molecule has 0 bridgehead atoms. The molecule has 2 N–H and O–H groups in total. The van der Waals surface area contributed by atoms with Gasteiger partial charge in [-0.2, -0.15) is 0 Å². The van der Waals surface area contributed by atoms with Crippen molar-refractivity contribution in [3.8, 4) is 0 Å². The van der Waals surface area contributed by atoms with E-state index in [4.69, 9.17) is 0 Å². The Hall–Kier alpha value is -1.69. The molecule has 0 amide bonds. The molecule has 2 heterocycles. The highest BCUT2D eigenvalue weighted by atomic mass is 32.1. The van der Waals surface area contributed by atoms with Gasteiger partial charge in [-0.3, -0.25) is 0 Å². The number of aryl methyl sites for hydroxylation is 2. The summed E-state index contributed by atoms with van der Waals surface area (Å²) >= 11 is 1.60. The highest BCUT2D eigenvalue weighted by Gasteiger charge is 2.32. The van der Waals surface area contributed by atoms with Crippen LogP contribution in [0.25, 0.3) is 10.2 Å². The van der Waals surface area contributed by atoms with E-state index >= 15 is 0 Å². The second kappa shape index (κ2) is 4.77. The molecule has 0 aliphatic heterocycles. The van der Waals surface area contributed by atoms with Crippen LogP contribution in [0.1, 0.15) is 30.7 Å². The molecule has 19 heavy (non-hydrogen) atoms. The third-order valence-corrected chi connectivity index (χ3v) is 4.65. The predicted octanol–water partition coefficient (Wildman–Crippen LogP) is 2.97. The van der Waals surface area contributed by atoms with Crippen LogP contribution in [-0.4, -0.2) is 26.6 Å². The first-order valence-electron chi connectivity index (χ1n) is 6.11. The second-order valence-corrected chi connectivity index (χ2v) is 6.00. The topological polar surface area (TPSA) is 75.1 Å². The molecule has 0 aromatic carbocycles. The average Bonchev–Trinajstić information content (AvgIpc) is 2.66. The van der Waals surface area contributed by atoms with E-state index in [9.17, 15) is 9.90 Å². The highest BCUT2D eigenvalue weighted by molar-refractivity contribution is 7.18. The molecule has 6 heteroatoms. The van der Waals surface area contributed by atoms with Crippen molar-refractivity contribution in [3.63, 3.8) is 0 Å². The van der Waals surface area contributed by atoms with E-state index in [0.29, 0.717) is 12.2 Å². The van der Waals surface area contributed by atoms with Crippen molar-refractivity contribution in [2.24, 2.45) is 0 Å². The molecule has 1 atom stereocenters. The summed E-state index contributed by atoms with van der Waals surface area (Å²) < 4.78 is 0. The number of carboxylic acid groups (broad SMARTS) is 1. The molecule has 0 saturated heterocycles. The van der Waals surface area contributed by atoms with Crippen molar-refractivity contribution in [2.45, 2.75) is 39.7 Å². The minimum atomic E-state index is -1.02. The van der Waals surface area contributed by atoms with E-state index in [1.165, 1.54) is 11.2 Å². The lowest BCUT2D eigenvalue weighted by Gasteiger charge is -2.25. The number of anilines is 1. The number of aliphatic carboxylic acids is 1. The molecule has 0 saturated carbocycles. The van der Waals surface area contributed by atoms with Crippen LogP contribution in [0.3, 0.4) is 0 Å². The lowest BCUT2D eigenvalue weighted by Crippen LogP contribution is -2.43. The monoisotopic (exact) mass is 279 g/mol. The fraction of sp³-hybridized carbons (Fsp3) is 0.462. The molecular weight excluding hydrogens is 262 g/mol. The van der Waals surface area contributed by atoms with Crippen LogP contribution in [-0.2, 0) is 4.79 Å². The maximum atomic E-state index is 11.4. The molecule has 5 nitrogen and oxygen atoms in total. The molecule has 0 aliphatic carbocycles. The standard InChI is InChI=1S/C13H17N3O2S/c1-5-13(4,12(17)18)16-10-9-7(2)8(3)19-11(9)15-6-14-10/h6H,5H2,1-4H3,(H,17,18)(H,14,15,16). The molecule has 0 aliphatic rings. The molecule has 0 fully saturated rings. The van der Waals surface area contributed by atoms with Gasteiger partial charge in [0.25, 0.3) is 0 Å². The number of carbonyl (C=O) groups is 1. The number of fused-ring (bicyclic) bond motifs is 1. The normalized spacial score (nSPS) is 14.3. The van der Waals surface area contributed by atoms with Crippen LogP contribution in [0, 0.1) is 13.8 Å². The number of nitrogens with zero attached hydrogens (tertiary/aromatic N) is 2. The predicted molar refractivity (Wildman–Crippen MR) is 76.8 cm³/mol. The lowest BCUT2D eigenvalue weighted by atomic mass is 9.99. The molecule has 1 unspecified atom stereocenters. The Labute approximate surface area is 115 Å². The van der Waals surface area contributed by atoms with Crippen molar-refractivity contribution in [1.82, 2.24) is 9.97 Å². The van der Waals surface area contributed by atoms with Gasteiger partial charge in [0, 0.05) is 4.88 Å². The minimum absolute atomic E-state index is 0.468. The number of aromatic nitrogens is 2. The zero-order valence-corrected chi connectivity index (χ0v) is 12.3. The number of carboxylic acids is 1. The molecule has 2 aromatic heterocycles. The summed E-state index contributed by atoms with van der Waals surface area (Å²) in [5.74, 6) is -0.287. The van der Waals surface area contributed by atoms with Gasteiger partial charge in [-0.15, -0.1) is 11.3 Å². The zero-order valence-electron chi connectivity index (χ0n) is 11.4. The average molecular weight is 279 g/mol. The third-order valence-electron chi connectivity index (χ3n) is 3.54. The maximum absolute atomic E-state index is 11.4. The fourth-order valence-corrected chi connectivity index (χ4v) is 2.83. The van der Waals surface area contributed by atoms with Gasteiger partial charge in [-0.1, -0.05) is 6.92 Å².